The Bertz CT molecular complexity index is 1340. The van der Waals surface area contributed by atoms with E-state index in [9.17, 15) is 0 Å². The Labute approximate surface area is 179 Å². The zero-order valence-electron chi connectivity index (χ0n) is 17.4. The number of hydrogen-bond donors (Lipinski definition) is 1. The van der Waals surface area contributed by atoms with E-state index < -0.39 is 0 Å². The van der Waals surface area contributed by atoms with E-state index >= 15 is 0 Å². The van der Waals surface area contributed by atoms with Crippen LogP contribution in [0.25, 0.3) is 22.2 Å². The van der Waals surface area contributed by atoms with Gasteiger partial charge in [-0.25, -0.2) is 9.97 Å². The number of fused-ring (bicyclic) bond motifs is 1. The zero-order chi connectivity index (χ0) is 20.9. The Hall–Kier alpha value is -3.74. The van der Waals surface area contributed by atoms with Gasteiger partial charge in [-0.05, 0) is 56.5 Å². The van der Waals surface area contributed by atoms with Gasteiger partial charge in [0.1, 0.15) is 17.6 Å². The van der Waals surface area contributed by atoms with Gasteiger partial charge in [-0.3, -0.25) is 4.98 Å². The number of nitrogens with zero attached hydrogens (tertiary/aromatic N) is 5. The van der Waals surface area contributed by atoms with Crippen LogP contribution in [0, 0.1) is 13.8 Å². The van der Waals surface area contributed by atoms with Gasteiger partial charge in [0.25, 0.3) is 0 Å². The highest BCUT2D eigenvalue weighted by atomic mass is 16.5. The van der Waals surface area contributed by atoms with Crippen molar-refractivity contribution in [3.63, 3.8) is 0 Å². The van der Waals surface area contributed by atoms with Gasteiger partial charge in [-0.1, -0.05) is 11.2 Å². The molecule has 4 heterocycles. The first-order valence-corrected chi connectivity index (χ1v) is 10.5. The van der Waals surface area contributed by atoms with Crippen molar-refractivity contribution in [2.45, 2.75) is 38.6 Å². The Morgan fingerprint density at radius 1 is 1.16 bits per heavy atom. The Morgan fingerprint density at radius 2 is 2.06 bits per heavy atom. The zero-order valence-corrected chi connectivity index (χ0v) is 17.4. The molecule has 7 heteroatoms. The summed E-state index contributed by atoms with van der Waals surface area (Å²) in [6, 6.07) is 10.2. The summed E-state index contributed by atoms with van der Waals surface area (Å²) in [6.07, 6.45) is 9.82. The second kappa shape index (κ2) is 6.91. The molecule has 1 unspecified atom stereocenters. The number of aromatic nitrogens is 6. The molecule has 0 bridgehead atoms. The number of pyridine rings is 1. The molecule has 5 aromatic rings. The van der Waals surface area contributed by atoms with Crippen molar-refractivity contribution in [3.8, 4) is 11.1 Å². The molecule has 31 heavy (non-hydrogen) atoms. The van der Waals surface area contributed by atoms with Crippen molar-refractivity contribution in [1.82, 2.24) is 29.7 Å². The van der Waals surface area contributed by atoms with Crippen LogP contribution in [0.15, 0.2) is 59.8 Å². The molecular weight excluding hydrogens is 388 g/mol. The van der Waals surface area contributed by atoms with E-state index in [2.05, 4.69) is 36.8 Å². The molecule has 1 aliphatic carbocycles. The summed E-state index contributed by atoms with van der Waals surface area (Å²) in [5.41, 5.74) is 6.97. The number of benzene rings is 1. The standard InChI is InChI=1S/C24H22N6O/c1-14-21(15(2)31-29-14)17-11-18(22-20(12-17)27-24(28-22)16-6-7-16)23(30-10-9-25-13-30)19-5-3-4-8-26-19/h3-5,8-13,16,23H,6-7H2,1-2H3,(H,27,28). The third kappa shape index (κ3) is 3.04. The van der Waals surface area contributed by atoms with Gasteiger partial charge < -0.3 is 14.1 Å². The Balaban J connectivity index is 1.65. The van der Waals surface area contributed by atoms with Crippen LogP contribution in [0.5, 0.6) is 0 Å². The molecule has 0 saturated heterocycles. The topological polar surface area (TPSA) is 85.4 Å². The van der Waals surface area contributed by atoms with Gasteiger partial charge >= 0.3 is 0 Å². The maximum absolute atomic E-state index is 5.47. The molecule has 0 aliphatic heterocycles. The number of hydrogen-bond acceptors (Lipinski definition) is 5. The molecule has 7 nitrogen and oxygen atoms in total. The minimum atomic E-state index is -0.151. The minimum Gasteiger partial charge on any atom is -0.361 e. The van der Waals surface area contributed by atoms with E-state index in [1.807, 2.05) is 50.8 Å². The van der Waals surface area contributed by atoms with Gasteiger partial charge in [0.05, 0.1) is 28.7 Å². The molecule has 1 fully saturated rings. The summed E-state index contributed by atoms with van der Waals surface area (Å²) in [7, 11) is 0. The molecule has 1 aliphatic rings. The second-order valence-electron chi connectivity index (χ2n) is 8.22. The lowest BCUT2D eigenvalue weighted by Gasteiger charge is -2.20. The number of rotatable bonds is 5. The van der Waals surface area contributed by atoms with Crippen LogP contribution in [0.2, 0.25) is 0 Å². The van der Waals surface area contributed by atoms with Gasteiger partial charge in [0.2, 0.25) is 0 Å². The molecule has 1 saturated carbocycles. The molecule has 0 amide bonds. The van der Waals surface area contributed by atoms with Crippen LogP contribution < -0.4 is 0 Å². The van der Waals surface area contributed by atoms with Crippen molar-refractivity contribution in [1.29, 1.82) is 0 Å². The lowest BCUT2D eigenvalue weighted by atomic mass is 9.95. The number of aromatic amines is 1. The fourth-order valence-electron chi connectivity index (χ4n) is 4.39. The van der Waals surface area contributed by atoms with Crippen LogP contribution in [-0.2, 0) is 0 Å². The average Bonchev–Trinajstić information content (AvgIpc) is 3.16. The van der Waals surface area contributed by atoms with Crippen LogP contribution in [-0.4, -0.2) is 29.7 Å². The first-order chi connectivity index (χ1) is 15.2. The molecule has 1 N–H and O–H groups in total. The summed E-state index contributed by atoms with van der Waals surface area (Å²) >= 11 is 0. The Morgan fingerprint density at radius 3 is 2.74 bits per heavy atom. The van der Waals surface area contributed by atoms with E-state index in [0.29, 0.717) is 5.92 Å². The first-order valence-electron chi connectivity index (χ1n) is 10.5. The summed E-state index contributed by atoms with van der Waals surface area (Å²) in [5.74, 6) is 2.41. The van der Waals surface area contributed by atoms with Gasteiger partial charge in [-0.2, -0.15) is 0 Å². The molecule has 6 rings (SSSR count). The van der Waals surface area contributed by atoms with Gasteiger partial charge in [0, 0.05) is 35.6 Å². The molecule has 1 aromatic carbocycles. The van der Waals surface area contributed by atoms with Gasteiger partial charge in [0.15, 0.2) is 0 Å². The maximum atomic E-state index is 5.47. The number of H-pyrrole nitrogens is 1. The van der Waals surface area contributed by atoms with E-state index in [-0.39, 0.29) is 6.04 Å². The maximum Gasteiger partial charge on any atom is 0.141 e. The van der Waals surface area contributed by atoms with Crippen LogP contribution in [0.3, 0.4) is 0 Å². The van der Waals surface area contributed by atoms with Crippen molar-refractivity contribution in [3.05, 3.63) is 83.8 Å². The fraction of sp³-hybridized carbons (Fsp3) is 0.250. The third-order valence-electron chi connectivity index (χ3n) is 6.01. The van der Waals surface area contributed by atoms with Crippen molar-refractivity contribution in [2.24, 2.45) is 0 Å². The van der Waals surface area contributed by atoms with Crippen LogP contribution in [0.4, 0.5) is 0 Å². The molecule has 4 aromatic heterocycles. The fourth-order valence-corrected chi connectivity index (χ4v) is 4.39. The highest BCUT2D eigenvalue weighted by Gasteiger charge is 2.29. The first kappa shape index (κ1) is 18.1. The molecule has 154 valence electrons. The van der Waals surface area contributed by atoms with E-state index in [1.165, 1.54) is 12.8 Å². The van der Waals surface area contributed by atoms with Gasteiger partial charge in [-0.15, -0.1) is 0 Å². The van der Waals surface area contributed by atoms with E-state index in [0.717, 1.165) is 50.7 Å². The number of nitrogens with one attached hydrogen (secondary N) is 1. The lowest BCUT2D eigenvalue weighted by molar-refractivity contribution is 0.393. The van der Waals surface area contributed by atoms with E-state index in [4.69, 9.17) is 9.51 Å². The summed E-state index contributed by atoms with van der Waals surface area (Å²) in [4.78, 5) is 17.6. The van der Waals surface area contributed by atoms with Crippen molar-refractivity contribution >= 4 is 11.0 Å². The number of imidazole rings is 2. The highest BCUT2D eigenvalue weighted by molar-refractivity contribution is 5.87. The smallest absolute Gasteiger partial charge is 0.141 e. The summed E-state index contributed by atoms with van der Waals surface area (Å²) < 4.78 is 7.55. The predicted octanol–water partition coefficient (Wildman–Crippen LogP) is 4.94. The Kier molecular flexibility index (Phi) is 4.02. The molecule has 0 radical (unpaired) electrons. The quantitative estimate of drug-likeness (QED) is 0.443. The predicted molar refractivity (Wildman–Crippen MR) is 117 cm³/mol. The average molecular weight is 410 g/mol. The van der Waals surface area contributed by atoms with Crippen LogP contribution in [0.1, 0.15) is 53.3 Å². The highest BCUT2D eigenvalue weighted by Crippen LogP contribution is 2.42. The summed E-state index contributed by atoms with van der Waals surface area (Å²) in [5, 5.41) is 4.17. The normalized spacial score (nSPS) is 14.9. The number of aryl methyl sites for hydroxylation is 2. The minimum absolute atomic E-state index is 0.151. The molecular formula is C24H22N6O. The van der Waals surface area contributed by atoms with Crippen molar-refractivity contribution in [2.75, 3.05) is 0 Å². The van der Waals surface area contributed by atoms with Crippen LogP contribution >= 0.6 is 0 Å². The third-order valence-corrected chi connectivity index (χ3v) is 6.01. The summed E-state index contributed by atoms with van der Waals surface area (Å²) in [6.45, 7) is 3.93. The second-order valence-corrected chi connectivity index (χ2v) is 8.22. The molecule has 0 spiro atoms. The van der Waals surface area contributed by atoms with Crippen molar-refractivity contribution < 1.29 is 4.52 Å². The lowest BCUT2D eigenvalue weighted by Crippen LogP contribution is -2.13. The molecule has 1 atom stereocenters. The largest absolute Gasteiger partial charge is 0.361 e. The van der Waals surface area contributed by atoms with E-state index in [1.54, 1.807) is 6.20 Å². The monoisotopic (exact) mass is 410 g/mol. The SMILES string of the molecule is Cc1noc(C)c1-c1cc(C(c2ccccn2)n2ccnc2)c2nc(C3CC3)[nH]c2c1.